The molecule has 4 aromatic rings. The highest BCUT2D eigenvalue weighted by molar-refractivity contribution is 7.89. The number of sulfonamides is 1. The summed E-state index contributed by atoms with van der Waals surface area (Å²) in [6, 6.07) is 19.0. The number of nitrogens with one attached hydrogen (secondary N) is 1. The van der Waals surface area contributed by atoms with Crippen molar-refractivity contribution in [2.24, 2.45) is 0 Å². The van der Waals surface area contributed by atoms with Crippen molar-refractivity contribution in [2.75, 3.05) is 25.3 Å². The summed E-state index contributed by atoms with van der Waals surface area (Å²) >= 11 is 0. The standard InChI is InChI=1S/C23H23N5O3S/c1-15-21-19(16-10-12-17(13-11-16)27(2)3)14-20(23(29)26-32(4,30)31)24-22(21)28(25-15)18-8-6-5-7-9-18/h5-14H,1-4H3,(H,26,29). The predicted molar refractivity (Wildman–Crippen MR) is 126 cm³/mol. The number of hydrogen-bond acceptors (Lipinski definition) is 6. The average molecular weight is 450 g/mol. The maximum Gasteiger partial charge on any atom is 0.283 e. The molecule has 0 aliphatic heterocycles. The van der Waals surface area contributed by atoms with Gasteiger partial charge in [-0.05, 0) is 48.4 Å². The van der Waals surface area contributed by atoms with E-state index < -0.39 is 15.9 Å². The van der Waals surface area contributed by atoms with Crippen LogP contribution in [0.25, 0.3) is 27.8 Å². The van der Waals surface area contributed by atoms with Crippen LogP contribution in [0.5, 0.6) is 0 Å². The Morgan fingerprint density at radius 3 is 2.28 bits per heavy atom. The van der Waals surface area contributed by atoms with Crippen molar-refractivity contribution in [2.45, 2.75) is 6.92 Å². The number of anilines is 1. The van der Waals surface area contributed by atoms with Crippen LogP contribution in [0.1, 0.15) is 16.2 Å². The Morgan fingerprint density at radius 2 is 1.69 bits per heavy atom. The number of aryl methyl sites for hydroxylation is 1. The highest BCUT2D eigenvalue weighted by Crippen LogP contribution is 2.33. The van der Waals surface area contributed by atoms with Gasteiger partial charge in [-0.2, -0.15) is 5.10 Å². The molecule has 0 spiro atoms. The number of fused-ring (bicyclic) bond motifs is 1. The molecule has 4 rings (SSSR count). The van der Waals surface area contributed by atoms with E-state index in [4.69, 9.17) is 0 Å². The Hall–Kier alpha value is -3.72. The Bertz CT molecular complexity index is 1410. The molecule has 1 amide bonds. The minimum Gasteiger partial charge on any atom is -0.378 e. The van der Waals surface area contributed by atoms with Gasteiger partial charge in [0.1, 0.15) is 5.69 Å². The molecule has 9 heteroatoms. The van der Waals surface area contributed by atoms with E-state index in [1.54, 1.807) is 10.7 Å². The third kappa shape index (κ3) is 4.19. The Balaban J connectivity index is 1.99. The van der Waals surface area contributed by atoms with Crippen LogP contribution >= 0.6 is 0 Å². The van der Waals surface area contributed by atoms with E-state index in [0.29, 0.717) is 5.65 Å². The molecule has 32 heavy (non-hydrogen) atoms. The van der Waals surface area contributed by atoms with Crippen molar-refractivity contribution in [3.8, 4) is 16.8 Å². The maximum absolute atomic E-state index is 12.7. The molecule has 164 valence electrons. The third-order valence-electron chi connectivity index (χ3n) is 5.02. The minimum absolute atomic E-state index is 0.00769. The molecule has 2 aromatic carbocycles. The first-order valence-electron chi connectivity index (χ1n) is 9.90. The maximum atomic E-state index is 12.7. The van der Waals surface area contributed by atoms with Gasteiger partial charge in [0.2, 0.25) is 10.0 Å². The second kappa shape index (κ2) is 8.08. The number of rotatable bonds is 5. The van der Waals surface area contributed by atoms with Crippen LogP contribution in [-0.2, 0) is 10.0 Å². The quantitative estimate of drug-likeness (QED) is 0.503. The second-order valence-corrected chi connectivity index (χ2v) is 9.48. The summed E-state index contributed by atoms with van der Waals surface area (Å²) in [6.07, 6.45) is 0.933. The molecule has 0 fully saturated rings. The first kappa shape index (κ1) is 21.5. The van der Waals surface area contributed by atoms with E-state index in [0.717, 1.165) is 39.8 Å². The summed E-state index contributed by atoms with van der Waals surface area (Å²) < 4.78 is 27.0. The van der Waals surface area contributed by atoms with Crippen LogP contribution in [-0.4, -0.2) is 49.4 Å². The van der Waals surface area contributed by atoms with E-state index in [1.165, 1.54) is 0 Å². The largest absolute Gasteiger partial charge is 0.378 e. The van der Waals surface area contributed by atoms with Gasteiger partial charge in [0.15, 0.2) is 5.65 Å². The summed E-state index contributed by atoms with van der Waals surface area (Å²) in [5.74, 6) is -0.793. The molecule has 0 atom stereocenters. The van der Waals surface area contributed by atoms with E-state index in [2.05, 4.69) is 10.1 Å². The number of carbonyl (C=O) groups excluding carboxylic acids is 1. The summed E-state index contributed by atoms with van der Waals surface area (Å²) in [5, 5.41) is 5.46. The van der Waals surface area contributed by atoms with Crippen LogP contribution in [0.15, 0.2) is 60.7 Å². The number of pyridine rings is 1. The number of para-hydroxylation sites is 1. The number of benzene rings is 2. The molecular weight excluding hydrogens is 426 g/mol. The highest BCUT2D eigenvalue weighted by atomic mass is 32.2. The van der Waals surface area contributed by atoms with E-state index >= 15 is 0 Å². The zero-order valence-electron chi connectivity index (χ0n) is 18.2. The van der Waals surface area contributed by atoms with Crippen molar-refractivity contribution in [3.63, 3.8) is 0 Å². The topological polar surface area (TPSA) is 97.2 Å². The highest BCUT2D eigenvalue weighted by Gasteiger charge is 2.21. The van der Waals surface area contributed by atoms with Crippen molar-refractivity contribution in [3.05, 3.63) is 72.1 Å². The number of amides is 1. The third-order valence-corrected chi connectivity index (χ3v) is 5.58. The average Bonchev–Trinajstić information content (AvgIpc) is 3.09. The number of hydrogen-bond donors (Lipinski definition) is 1. The smallest absolute Gasteiger partial charge is 0.283 e. The van der Waals surface area contributed by atoms with Gasteiger partial charge in [0, 0.05) is 19.8 Å². The molecule has 0 unspecified atom stereocenters. The Labute approximate surface area is 186 Å². The fraction of sp³-hybridized carbons (Fsp3) is 0.174. The molecule has 2 heterocycles. The molecule has 0 saturated heterocycles. The van der Waals surface area contributed by atoms with Gasteiger partial charge in [-0.1, -0.05) is 30.3 Å². The summed E-state index contributed by atoms with van der Waals surface area (Å²) in [7, 11) is 0.177. The fourth-order valence-electron chi connectivity index (χ4n) is 3.54. The number of aromatic nitrogens is 3. The van der Waals surface area contributed by atoms with E-state index in [1.807, 2.05) is 85.2 Å². The lowest BCUT2D eigenvalue weighted by molar-refractivity contribution is 0.0977. The molecule has 0 radical (unpaired) electrons. The van der Waals surface area contributed by atoms with Gasteiger partial charge in [0.25, 0.3) is 5.91 Å². The molecule has 0 saturated carbocycles. The lowest BCUT2D eigenvalue weighted by Gasteiger charge is -2.14. The monoisotopic (exact) mass is 449 g/mol. The van der Waals surface area contributed by atoms with Crippen LogP contribution in [0.3, 0.4) is 0 Å². The van der Waals surface area contributed by atoms with Crippen LogP contribution in [0.4, 0.5) is 5.69 Å². The predicted octanol–water partition coefficient (Wildman–Crippen LogP) is 3.15. The van der Waals surface area contributed by atoms with Crippen LogP contribution < -0.4 is 9.62 Å². The zero-order chi connectivity index (χ0) is 23.0. The Morgan fingerprint density at radius 1 is 1.03 bits per heavy atom. The zero-order valence-corrected chi connectivity index (χ0v) is 19.0. The normalized spacial score (nSPS) is 11.5. The minimum atomic E-state index is -3.74. The first-order chi connectivity index (χ1) is 15.1. The lowest BCUT2D eigenvalue weighted by atomic mass is 10.0. The SMILES string of the molecule is Cc1nn(-c2ccccc2)c2nc(C(=O)NS(C)(=O)=O)cc(-c3ccc(N(C)C)cc3)c12. The molecule has 1 N–H and O–H groups in total. The number of carbonyl (C=O) groups is 1. The first-order valence-corrected chi connectivity index (χ1v) is 11.8. The second-order valence-electron chi connectivity index (χ2n) is 7.73. The lowest BCUT2D eigenvalue weighted by Crippen LogP contribution is -2.30. The molecule has 0 aliphatic carbocycles. The van der Waals surface area contributed by atoms with Gasteiger partial charge in [0.05, 0.1) is 23.0 Å². The van der Waals surface area contributed by atoms with Crippen LogP contribution in [0.2, 0.25) is 0 Å². The molecule has 8 nitrogen and oxygen atoms in total. The summed E-state index contributed by atoms with van der Waals surface area (Å²) in [6.45, 7) is 1.89. The van der Waals surface area contributed by atoms with Gasteiger partial charge >= 0.3 is 0 Å². The number of nitrogens with zero attached hydrogens (tertiary/aromatic N) is 4. The molecule has 2 aromatic heterocycles. The van der Waals surface area contributed by atoms with Gasteiger partial charge in [-0.15, -0.1) is 0 Å². The fourth-order valence-corrected chi connectivity index (χ4v) is 3.98. The van der Waals surface area contributed by atoms with Gasteiger partial charge in [-0.25, -0.2) is 22.8 Å². The van der Waals surface area contributed by atoms with Crippen molar-refractivity contribution < 1.29 is 13.2 Å². The van der Waals surface area contributed by atoms with Crippen LogP contribution in [0, 0.1) is 6.92 Å². The van der Waals surface area contributed by atoms with Crippen molar-refractivity contribution >= 4 is 32.7 Å². The molecule has 0 aliphatic rings. The molecular formula is C23H23N5O3S. The summed E-state index contributed by atoms with van der Waals surface area (Å²) in [4.78, 5) is 19.2. The van der Waals surface area contributed by atoms with Crippen molar-refractivity contribution in [1.82, 2.24) is 19.5 Å². The van der Waals surface area contributed by atoms with E-state index in [-0.39, 0.29) is 5.69 Å². The van der Waals surface area contributed by atoms with Gasteiger partial charge < -0.3 is 4.90 Å². The van der Waals surface area contributed by atoms with E-state index in [9.17, 15) is 13.2 Å². The molecule has 0 bridgehead atoms. The summed E-state index contributed by atoms with van der Waals surface area (Å²) in [5.41, 5.74) is 4.65. The van der Waals surface area contributed by atoms with Gasteiger partial charge in [-0.3, -0.25) is 4.79 Å². The van der Waals surface area contributed by atoms with Crippen molar-refractivity contribution in [1.29, 1.82) is 0 Å². The Kier molecular flexibility index (Phi) is 5.43.